The number of halogens is 1. The maximum atomic E-state index is 10.6. The molecule has 1 aromatic carbocycles. The first-order valence-electron chi connectivity index (χ1n) is 5.19. The molecular formula is C11H14BrNO3. The third kappa shape index (κ3) is 3.20. The minimum absolute atomic E-state index is 0.0455. The molecule has 0 aromatic heterocycles. The fourth-order valence-electron chi connectivity index (χ4n) is 1.33. The Balaban J connectivity index is 2.93. The van der Waals surface area contributed by atoms with Gasteiger partial charge in [0.25, 0.3) is 5.69 Å². The number of benzene rings is 1. The molecule has 0 bridgehead atoms. The monoisotopic (exact) mass is 287 g/mol. The van der Waals surface area contributed by atoms with Gasteiger partial charge in [0.1, 0.15) is 5.75 Å². The van der Waals surface area contributed by atoms with Crippen molar-refractivity contribution in [1.82, 2.24) is 0 Å². The fourth-order valence-corrected chi connectivity index (χ4v) is 1.67. The van der Waals surface area contributed by atoms with Crippen molar-refractivity contribution in [2.75, 3.05) is 0 Å². The lowest BCUT2D eigenvalue weighted by molar-refractivity contribution is -0.385. The number of non-ortho nitro benzene ring substituents is 1. The lowest BCUT2D eigenvalue weighted by atomic mass is 10.2. The third-order valence-electron chi connectivity index (χ3n) is 2.33. The molecule has 0 aliphatic heterocycles. The average molecular weight is 288 g/mol. The van der Waals surface area contributed by atoms with E-state index in [0.29, 0.717) is 5.75 Å². The van der Waals surface area contributed by atoms with Crippen LogP contribution in [0.15, 0.2) is 22.7 Å². The second-order valence-corrected chi connectivity index (χ2v) is 4.28. The van der Waals surface area contributed by atoms with Gasteiger partial charge in [-0.2, -0.15) is 0 Å². The van der Waals surface area contributed by atoms with Gasteiger partial charge in [0.15, 0.2) is 0 Å². The van der Waals surface area contributed by atoms with Crippen molar-refractivity contribution in [2.45, 2.75) is 32.8 Å². The van der Waals surface area contributed by atoms with Crippen LogP contribution in [0.5, 0.6) is 5.75 Å². The number of nitro groups is 1. The molecule has 0 radical (unpaired) electrons. The topological polar surface area (TPSA) is 52.4 Å². The van der Waals surface area contributed by atoms with Gasteiger partial charge < -0.3 is 4.74 Å². The summed E-state index contributed by atoms with van der Waals surface area (Å²) in [5, 5.41) is 10.6. The molecule has 1 aromatic rings. The van der Waals surface area contributed by atoms with E-state index in [1.54, 1.807) is 6.07 Å². The molecule has 0 fully saturated rings. The number of nitro benzene ring substituents is 1. The summed E-state index contributed by atoms with van der Waals surface area (Å²) in [6, 6.07) is 4.53. The highest BCUT2D eigenvalue weighted by molar-refractivity contribution is 9.10. The summed E-state index contributed by atoms with van der Waals surface area (Å²) < 4.78 is 6.42. The zero-order valence-electron chi connectivity index (χ0n) is 9.27. The summed E-state index contributed by atoms with van der Waals surface area (Å²) in [5.74, 6) is 0.530. The molecule has 5 heteroatoms. The SMILES string of the molecule is CCC(CC)Oc1cc([N+](=O)[O-])ccc1Br. The standard InChI is InChI=1S/C11H14BrNO3/c1-3-9(4-2)16-11-7-8(13(14)15)5-6-10(11)12/h5-7,9H,3-4H2,1-2H3. The van der Waals surface area contributed by atoms with Crippen molar-refractivity contribution in [3.05, 3.63) is 32.8 Å². The van der Waals surface area contributed by atoms with Crippen LogP contribution >= 0.6 is 15.9 Å². The van der Waals surface area contributed by atoms with E-state index in [9.17, 15) is 10.1 Å². The van der Waals surface area contributed by atoms with Gasteiger partial charge in [0.2, 0.25) is 0 Å². The van der Waals surface area contributed by atoms with E-state index in [4.69, 9.17) is 4.74 Å². The first-order valence-corrected chi connectivity index (χ1v) is 5.98. The molecule has 0 atom stereocenters. The number of ether oxygens (including phenoxy) is 1. The Morgan fingerprint density at radius 2 is 2.06 bits per heavy atom. The molecule has 0 spiro atoms. The summed E-state index contributed by atoms with van der Waals surface area (Å²) in [5.41, 5.74) is 0.0455. The molecule has 0 N–H and O–H groups in total. The molecule has 0 unspecified atom stereocenters. The van der Waals surface area contributed by atoms with E-state index < -0.39 is 4.92 Å². The van der Waals surface area contributed by atoms with Gasteiger partial charge in [-0.15, -0.1) is 0 Å². The molecular weight excluding hydrogens is 274 g/mol. The highest BCUT2D eigenvalue weighted by Crippen LogP contribution is 2.30. The van der Waals surface area contributed by atoms with E-state index in [-0.39, 0.29) is 11.8 Å². The maximum absolute atomic E-state index is 10.6. The van der Waals surface area contributed by atoms with Crippen LogP contribution in [0, 0.1) is 10.1 Å². The first-order chi connectivity index (χ1) is 7.58. The van der Waals surface area contributed by atoms with Crippen molar-refractivity contribution in [3.63, 3.8) is 0 Å². The zero-order valence-corrected chi connectivity index (χ0v) is 10.9. The summed E-state index contributed by atoms with van der Waals surface area (Å²) in [7, 11) is 0. The van der Waals surface area contributed by atoms with Crippen molar-refractivity contribution in [1.29, 1.82) is 0 Å². The summed E-state index contributed by atoms with van der Waals surface area (Å²) >= 11 is 3.32. The van der Waals surface area contributed by atoms with Crippen LogP contribution in [0.3, 0.4) is 0 Å². The Kier molecular flexibility index (Phi) is 4.73. The number of rotatable bonds is 5. The molecule has 4 nitrogen and oxygen atoms in total. The van der Waals surface area contributed by atoms with Crippen molar-refractivity contribution in [2.24, 2.45) is 0 Å². The van der Waals surface area contributed by atoms with Crippen LogP contribution in [0.4, 0.5) is 5.69 Å². The minimum Gasteiger partial charge on any atom is -0.489 e. The molecule has 0 heterocycles. The second-order valence-electron chi connectivity index (χ2n) is 3.43. The van der Waals surface area contributed by atoms with Gasteiger partial charge >= 0.3 is 0 Å². The summed E-state index contributed by atoms with van der Waals surface area (Å²) in [6.45, 7) is 4.05. The maximum Gasteiger partial charge on any atom is 0.273 e. The van der Waals surface area contributed by atoms with E-state index in [1.807, 2.05) is 13.8 Å². The second kappa shape index (κ2) is 5.84. The Morgan fingerprint density at radius 1 is 1.44 bits per heavy atom. The van der Waals surface area contributed by atoms with Crippen LogP contribution in [0.25, 0.3) is 0 Å². The van der Waals surface area contributed by atoms with Crippen LogP contribution in [0.1, 0.15) is 26.7 Å². The highest BCUT2D eigenvalue weighted by Gasteiger charge is 2.13. The lowest BCUT2D eigenvalue weighted by Crippen LogP contribution is -2.14. The predicted molar refractivity (Wildman–Crippen MR) is 65.8 cm³/mol. The van der Waals surface area contributed by atoms with E-state index in [0.717, 1.165) is 17.3 Å². The number of hydrogen-bond acceptors (Lipinski definition) is 3. The van der Waals surface area contributed by atoms with Gasteiger partial charge in [-0.3, -0.25) is 10.1 Å². The highest BCUT2D eigenvalue weighted by atomic mass is 79.9. The molecule has 0 amide bonds. The first kappa shape index (κ1) is 13.0. The molecule has 16 heavy (non-hydrogen) atoms. The minimum atomic E-state index is -0.424. The van der Waals surface area contributed by atoms with Gasteiger partial charge in [0.05, 0.1) is 21.6 Å². The summed E-state index contributed by atoms with van der Waals surface area (Å²) in [4.78, 5) is 10.2. The number of hydrogen-bond donors (Lipinski definition) is 0. The quantitative estimate of drug-likeness (QED) is 0.609. The zero-order chi connectivity index (χ0) is 12.1. The van der Waals surface area contributed by atoms with Crippen LogP contribution < -0.4 is 4.74 Å². The van der Waals surface area contributed by atoms with E-state index in [1.165, 1.54) is 12.1 Å². The van der Waals surface area contributed by atoms with Gasteiger partial charge in [-0.05, 0) is 34.8 Å². The smallest absolute Gasteiger partial charge is 0.273 e. The van der Waals surface area contributed by atoms with Gasteiger partial charge in [-0.1, -0.05) is 13.8 Å². The Hall–Kier alpha value is -1.10. The Bertz CT molecular complexity index is 377. The summed E-state index contributed by atoms with van der Waals surface area (Å²) in [6.07, 6.45) is 1.86. The average Bonchev–Trinajstić information content (AvgIpc) is 2.27. The Labute approximate surface area is 103 Å². The molecule has 0 saturated heterocycles. The Morgan fingerprint density at radius 3 is 2.56 bits per heavy atom. The van der Waals surface area contributed by atoms with Gasteiger partial charge in [-0.25, -0.2) is 0 Å². The van der Waals surface area contributed by atoms with Crippen LogP contribution in [-0.4, -0.2) is 11.0 Å². The third-order valence-corrected chi connectivity index (χ3v) is 2.99. The van der Waals surface area contributed by atoms with Gasteiger partial charge in [0, 0.05) is 6.07 Å². The molecule has 0 saturated carbocycles. The van der Waals surface area contributed by atoms with Crippen molar-refractivity contribution >= 4 is 21.6 Å². The molecule has 0 aliphatic carbocycles. The van der Waals surface area contributed by atoms with Crippen molar-refractivity contribution in [3.8, 4) is 5.75 Å². The normalized spacial score (nSPS) is 10.5. The number of nitrogens with zero attached hydrogens (tertiary/aromatic N) is 1. The van der Waals surface area contributed by atoms with Crippen LogP contribution in [0.2, 0.25) is 0 Å². The van der Waals surface area contributed by atoms with Crippen LogP contribution in [-0.2, 0) is 0 Å². The molecule has 1 rings (SSSR count). The van der Waals surface area contributed by atoms with E-state index >= 15 is 0 Å². The van der Waals surface area contributed by atoms with Crippen molar-refractivity contribution < 1.29 is 9.66 Å². The fraction of sp³-hybridized carbons (Fsp3) is 0.455. The molecule has 88 valence electrons. The predicted octanol–water partition coefficient (Wildman–Crippen LogP) is 3.92. The van der Waals surface area contributed by atoms with E-state index in [2.05, 4.69) is 15.9 Å². The largest absolute Gasteiger partial charge is 0.489 e. The molecule has 0 aliphatic rings. The lowest BCUT2D eigenvalue weighted by Gasteiger charge is -2.16.